The summed E-state index contributed by atoms with van der Waals surface area (Å²) in [6.45, 7) is 7.87. The number of aromatic nitrogens is 2. The minimum atomic E-state index is -0.673. The molecule has 0 radical (unpaired) electrons. The maximum Gasteiger partial charge on any atom is 0.227 e. The lowest BCUT2D eigenvalue weighted by Gasteiger charge is -2.25. The predicted octanol–water partition coefficient (Wildman–Crippen LogP) is 5.00. The minimum absolute atomic E-state index is 0.0307. The van der Waals surface area contributed by atoms with Gasteiger partial charge in [0, 0.05) is 37.8 Å². The van der Waals surface area contributed by atoms with Crippen LogP contribution in [-0.4, -0.2) is 65.4 Å². The van der Waals surface area contributed by atoms with Crippen LogP contribution in [0.15, 0.2) is 48.5 Å². The number of nitrogens with zero attached hydrogens (tertiary/aromatic N) is 3. The first kappa shape index (κ1) is 27.1. The fraction of sp³-hybridized carbons (Fsp3) is 0.423. The van der Waals surface area contributed by atoms with Crippen LogP contribution < -0.4 is 4.74 Å². The van der Waals surface area contributed by atoms with Crippen molar-refractivity contribution >= 4 is 11.6 Å². The van der Waals surface area contributed by atoms with E-state index in [-0.39, 0.29) is 12.7 Å². The van der Waals surface area contributed by atoms with E-state index < -0.39 is 11.9 Å². The van der Waals surface area contributed by atoms with Gasteiger partial charge in [-0.05, 0) is 57.2 Å². The highest BCUT2D eigenvalue weighted by Gasteiger charge is 2.23. The second-order valence-electron chi connectivity index (χ2n) is 8.58. The quantitative estimate of drug-likeness (QED) is 0.352. The summed E-state index contributed by atoms with van der Waals surface area (Å²) in [5.74, 6) is 0.425. The normalized spacial score (nSPS) is 12.5. The third kappa shape index (κ3) is 8.02. The Labute approximate surface area is 211 Å². The molecule has 0 fully saturated rings. The zero-order valence-electron chi connectivity index (χ0n) is 20.6. The molecule has 0 saturated heterocycles. The highest BCUT2D eigenvalue weighted by atomic mass is 35.5. The van der Waals surface area contributed by atoms with E-state index in [1.165, 1.54) is 12.1 Å². The number of hydrogen-bond donors (Lipinski definition) is 1. The number of aryl methyl sites for hydroxylation is 1. The van der Waals surface area contributed by atoms with Crippen LogP contribution in [0.3, 0.4) is 0 Å². The number of aliphatic hydroxyl groups is 1. The zero-order chi connectivity index (χ0) is 25.4. The molecule has 35 heavy (non-hydrogen) atoms. The zero-order valence-corrected chi connectivity index (χ0v) is 21.3. The Balaban J connectivity index is 1.95. The van der Waals surface area contributed by atoms with Gasteiger partial charge in [0.1, 0.15) is 11.6 Å². The Kier molecular flexibility index (Phi) is 10.1. The number of aliphatic hydroxyl groups excluding tert-OH is 1. The van der Waals surface area contributed by atoms with Crippen LogP contribution >= 0.6 is 11.6 Å². The predicted molar refractivity (Wildman–Crippen MR) is 134 cm³/mol. The summed E-state index contributed by atoms with van der Waals surface area (Å²) in [5, 5.41) is 15.9. The summed E-state index contributed by atoms with van der Waals surface area (Å²) in [6, 6.07) is 13.2. The number of rotatable bonds is 13. The number of benzene rings is 2. The third-order valence-corrected chi connectivity index (χ3v) is 5.56. The molecular formula is C26H33ClFN3O4. The van der Waals surface area contributed by atoms with E-state index in [1.54, 1.807) is 36.1 Å². The van der Waals surface area contributed by atoms with Gasteiger partial charge in [-0.25, -0.2) is 9.07 Å². The lowest BCUT2D eigenvalue weighted by atomic mass is 10.2. The molecule has 1 heterocycles. The van der Waals surface area contributed by atoms with Crippen molar-refractivity contribution in [2.24, 2.45) is 0 Å². The Morgan fingerprint density at radius 3 is 2.57 bits per heavy atom. The van der Waals surface area contributed by atoms with Crippen LogP contribution in [0.4, 0.5) is 4.39 Å². The summed E-state index contributed by atoms with van der Waals surface area (Å²) in [5.41, 5.74) is 2.32. The topological polar surface area (TPSA) is 69.0 Å². The van der Waals surface area contributed by atoms with E-state index in [0.29, 0.717) is 42.9 Å². The van der Waals surface area contributed by atoms with E-state index in [0.717, 1.165) is 16.9 Å². The van der Waals surface area contributed by atoms with Crippen LogP contribution in [-0.2, 0) is 16.0 Å². The summed E-state index contributed by atoms with van der Waals surface area (Å²) < 4.78 is 32.6. The van der Waals surface area contributed by atoms with Crippen LogP contribution in [0.25, 0.3) is 5.69 Å². The largest absolute Gasteiger partial charge is 0.438 e. The molecule has 3 aromatic rings. The molecular weight excluding hydrogens is 473 g/mol. The second-order valence-corrected chi connectivity index (χ2v) is 9.02. The summed E-state index contributed by atoms with van der Waals surface area (Å²) in [7, 11) is 1.64. The molecule has 0 amide bonds. The van der Waals surface area contributed by atoms with Crippen molar-refractivity contribution in [2.45, 2.75) is 39.5 Å². The molecule has 1 aromatic heterocycles. The van der Waals surface area contributed by atoms with Gasteiger partial charge in [-0.1, -0.05) is 17.7 Å². The Hall–Kier alpha value is -2.49. The third-order valence-electron chi connectivity index (χ3n) is 5.30. The number of halogens is 2. The summed E-state index contributed by atoms with van der Waals surface area (Å²) in [6.07, 6.45) is -0.642. The molecule has 190 valence electrons. The maximum absolute atomic E-state index is 13.9. The lowest BCUT2D eigenvalue weighted by molar-refractivity contribution is -0.0122. The Morgan fingerprint density at radius 1 is 1.17 bits per heavy atom. The molecule has 1 N–H and O–H groups in total. The smallest absolute Gasteiger partial charge is 0.227 e. The van der Waals surface area contributed by atoms with Gasteiger partial charge in [0.25, 0.3) is 0 Å². The van der Waals surface area contributed by atoms with E-state index in [4.69, 9.17) is 30.9 Å². The Bertz CT molecular complexity index is 1070. The van der Waals surface area contributed by atoms with E-state index in [1.807, 2.05) is 32.9 Å². The lowest BCUT2D eigenvalue weighted by Crippen LogP contribution is -2.37. The van der Waals surface area contributed by atoms with Crippen molar-refractivity contribution in [3.63, 3.8) is 0 Å². The van der Waals surface area contributed by atoms with E-state index in [2.05, 4.69) is 4.90 Å². The van der Waals surface area contributed by atoms with E-state index in [9.17, 15) is 9.50 Å². The second kappa shape index (κ2) is 13.0. The fourth-order valence-electron chi connectivity index (χ4n) is 3.56. The minimum Gasteiger partial charge on any atom is -0.438 e. The SMILES string of the molecule is COCCN(Cc1c(C)nn(-c2ccc(Cl)cc2)c1Oc1cccc(F)c1)C[C@@H](O)COC(C)C. The van der Waals surface area contributed by atoms with Crippen molar-refractivity contribution in [3.8, 4) is 17.3 Å². The van der Waals surface area contributed by atoms with Crippen molar-refractivity contribution in [3.05, 3.63) is 70.6 Å². The average Bonchev–Trinajstić information content (AvgIpc) is 3.11. The summed E-state index contributed by atoms with van der Waals surface area (Å²) in [4.78, 5) is 2.06. The van der Waals surface area contributed by atoms with Gasteiger partial charge >= 0.3 is 0 Å². The van der Waals surface area contributed by atoms with Gasteiger partial charge in [0.2, 0.25) is 5.88 Å². The highest BCUT2D eigenvalue weighted by Crippen LogP contribution is 2.32. The molecule has 0 unspecified atom stereocenters. The van der Waals surface area contributed by atoms with Crippen LogP contribution in [0.5, 0.6) is 11.6 Å². The molecule has 1 atom stereocenters. The molecule has 0 aliphatic carbocycles. The van der Waals surface area contributed by atoms with Crippen molar-refractivity contribution < 1.29 is 23.7 Å². The first-order chi connectivity index (χ1) is 16.8. The standard InChI is InChI=1S/C26H33ClFN3O4/c1-18(2)34-17-23(32)15-30(12-13-33-4)16-25-19(3)29-31(22-10-8-20(27)9-11-22)26(25)35-24-7-5-6-21(28)14-24/h5-11,14,18,23,32H,12-13,15-17H2,1-4H3/t23-/m1/s1. The molecule has 9 heteroatoms. The molecule has 0 aliphatic rings. The molecule has 0 aliphatic heterocycles. The monoisotopic (exact) mass is 505 g/mol. The molecule has 2 aromatic carbocycles. The highest BCUT2D eigenvalue weighted by molar-refractivity contribution is 6.30. The van der Waals surface area contributed by atoms with Gasteiger partial charge < -0.3 is 19.3 Å². The molecule has 0 bridgehead atoms. The number of ether oxygens (including phenoxy) is 3. The van der Waals surface area contributed by atoms with Gasteiger partial charge in [0.15, 0.2) is 0 Å². The first-order valence-corrected chi connectivity index (χ1v) is 11.9. The average molecular weight is 506 g/mol. The van der Waals surface area contributed by atoms with Gasteiger partial charge in [-0.2, -0.15) is 5.10 Å². The maximum atomic E-state index is 13.9. The first-order valence-electron chi connectivity index (χ1n) is 11.6. The van der Waals surface area contributed by atoms with Crippen molar-refractivity contribution in [1.29, 1.82) is 0 Å². The molecule has 0 spiro atoms. The van der Waals surface area contributed by atoms with Gasteiger partial charge in [-0.3, -0.25) is 4.90 Å². The van der Waals surface area contributed by atoms with Crippen molar-refractivity contribution in [1.82, 2.24) is 14.7 Å². The van der Waals surface area contributed by atoms with Crippen molar-refractivity contribution in [2.75, 3.05) is 33.4 Å². The fourth-order valence-corrected chi connectivity index (χ4v) is 3.68. The van der Waals surface area contributed by atoms with Crippen LogP contribution in [0, 0.1) is 12.7 Å². The van der Waals surface area contributed by atoms with Gasteiger partial charge in [-0.15, -0.1) is 0 Å². The molecule has 0 saturated carbocycles. The molecule has 7 nitrogen and oxygen atoms in total. The summed E-state index contributed by atoms with van der Waals surface area (Å²) >= 11 is 6.08. The van der Waals surface area contributed by atoms with Crippen LogP contribution in [0.1, 0.15) is 25.1 Å². The van der Waals surface area contributed by atoms with Crippen LogP contribution in [0.2, 0.25) is 5.02 Å². The number of methoxy groups -OCH3 is 1. The van der Waals surface area contributed by atoms with Gasteiger partial charge in [0.05, 0.1) is 42.4 Å². The van der Waals surface area contributed by atoms with E-state index >= 15 is 0 Å². The number of hydrogen-bond acceptors (Lipinski definition) is 6. The molecule has 3 rings (SSSR count). The Morgan fingerprint density at radius 2 is 1.91 bits per heavy atom.